The number of aliphatic hydroxyl groups is 2. The van der Waals surface area contributed by atoms with Gasteiger partial charge < -0.3 is 15.5 Å². The summed E-state index contributed by atoms with van der Waals surface area (Å²) in [7, 11) is 0. The Kier molecular flexibility index (Phi) is 6.11. The van der Waals surface area contributed by atoms with Crippen LogP contribution in [0.2, 0.25) is 0 Å². The molecule has 0 aromatic carbocycles. The number of unbranched alkanes of at least 4 members (excludes halogenated alkanes) is 1. The molecule has 0 aliphatic rings. The highest BCUT2D eigenvalue weighted by atomic mass is 16.3. The van der Waals surface area contributed by atoms with Gasteiger partial charge in [0.05, 0.1) is 0 Å². The first-order valence-electron chi connectivity index (χ1n) is 3.30. The van der Waals surface area contributed by atoms with E-state index in [-0.39, 0.29) is 6.61 Å². The third-order valence-corrected chi connectivity index (χ3v) is 1.15. The highest BCUT2D eigenvalue weighted by Gasteiger charge is 1.98. The van der Waals surface area contributed by atoms with Crippen LogP contribution in [0.5, 0.6) is 0 Å². The van der Waals surface area contributed by atoms with E-state index in [1.807, 2.05) is 0 Å². The lowest BCUT2D eigenvalue weighted by molar-refractivity contribution is -0.112. The Morgan fingerprint density at radius 2 is 2.20 bits per heavy atom. The second-order valence-electron chi connectivity index (χ2n) is 2.02. The van der Waals surface area contributed by atoms with E-state index in [9.17, 15) is 4.79 Å². The minimum absolute atomic E-state index is 0.133. The summed E-state index contributed by atoms with van der Waals surface area (Å²) >= 11 is 0. The van der Waals surface area contributed by atoms with E-state index in [2.05, 4.69) is 5.32 Å². The zero-order valence-electron chi connectivity index (χ0n) is 5.79. The number of rotatable bonds is 6. The van der Waals surface area contributed by atoms with Crippen LogP contribution in [-0.2, 0) is 4.79 Å². The fourth-order valence-electron chi connectivity index (χ4n) is 0.611. The highest BCUT2D eigenvalue weighted by molar-refractivity contribution is 5.46. The third-order valence-electron chi connectivity index (χ3n) is 1.15. The first kappa shape index (κ1) is 9.39. The number of hydrogen-bond acceptors (Lipinski definition) is 3. The van der Waals surface area contributed by atoms with Crippen LogP contribution in [0.15, 0.2) is 0 Å². The second-order valence-corrected chi connectivity index (χ2v) is 2.02. The molecule has 0 aromatic heterocycles. The average Bonchev–Trinajstić information content (AvgIpc) is 1.89. The maximum absolute atomic E-state index is 9.73. The van der Waals surface area contributed by atoms with Crippen molar-refractivity contribution in [1.29, 1.82) is 0 Å². The van der Waals surface area contributed by atoms with Crippen molar-refractivity contribution < 1.29 is 15.0 Å². The van der Waals surface area contributed by atoms with Gasteiger partial charge in [0.2, 0.25) is 6.41 Å². The van der Waals surface area contributed by atoms with Crippen molar-refractivity contribution in [2.24, 2.45) is 0 Å². The van der Waals surface area contributed by atoms with E-state index in [0.29, 0.717) is 19.3 Å². The van der Waals surface area contributed by atoms with Crippen LogP contribution in [0.4, 0.5) is 0 Å². The number of nitrogens with one attached hydrogen (secondary N) is 1. The average molecular weight is 147 g/mol. The molecule has 1 atom stereocenters. The van der Waals surface area contributed by atoms with Crippen LogP contribution in [0, 0.1) is 0 Å². The molecule has 4 nitrogen and oxygen atoms in total. The number of hydrogen-bond donors (Lipinski definition) is 3. The molecule has 1 amide bonds. The van der Waals surface area contributed by atoms with Gasteiger partial charge in [-0.2, -0.15) is 0 Å². The van der Waals surface area contributed by atoms with Gasteiger partial charge in [0, 0.05) is 6.61 Å². The van der Waals surface area contributed by atoms with Crippen LogP contribution in [0.3, 0.4) is 0 Å². The standard InChI is InChI=1S/C6H13NO3/c8-4-2-1-3-6(10)7-5-9/h5-6,8,10H,1-4H2,(H,7,9). The number of carbonyl (C=O) groups is 1. The monoisotopic (exact) mass is 147 g/mol. The molecule has 3 N–H and O–H groups in total. The van der Waals surface area contributed by atoms with Gasteiger partial charge >= 0.3 is 0 Å². The van der Waals surface area contributed by atoms with Crippen molar-refractivity contribution >= 4 is 6.41 Å². The molecule has 0 spiro atoms. The summed E-state index contributed by atoms with van der Waals surface area (Å²) in [6.07, 6.45) is 1.59. The largest absolute Gasteiger partial charge is 0.396 e. The zero-order chi connectivity index (χ0) is 7.82. The van der Waals surface area contributed by atoms with Gasteiger partial charge in [0.25, 0.3) is 0 Å². The Morgan fingerprint density at radius 1 is 1.50 bits per heavy atom. The van der Waals surface area contributed by atoms with Crippen molar-refractivity contribution in [2.75, 3.05) is 6.61 Å². The molecular weight excluding hydrogens is 134 g/mol. The van der Waals surface area contributed by atoms with Gasteiger partial charge in [-0.05, 0) is 19.3 Å². The van der Waals surface area contributed by atoms with Crippen LogP contribution in [-0.4, -0.2) is 29.5 Å². The fraction of sp³-hybridized carbons (Fsp3) is 0.833. The van der Waals surface area contributed by atoms with E-state index in [4.69, 9.17) is 10.2 Å². The molecule has 0 saturated heterocycles. The van der Waals surface area contributed by atoms with E-state index in [1.165, 1.54) is 0 Å². The molecule has 0 bridgehead atoms. The molecule has 0 aliphatic carbocycles. The maximum atomic E-state index is 9.73. The molecule has 0 aliphatic heterocycles. The minimum Gasteiger partial charge on any atom is -0.396 e. The summed E-state index contributed by atoms with van der Waals surface area (Å²) in [4.78, 5) is 9.73. The molecule has 0 rings (SSSR count). The quantitative estimate of drug-likeness (QED) is 0.262. The smallest absolute Gasteiger partial charge is 0.209 e. The maximum Gasteiger partial charge on any atom is 0.209 e. The van der Waals surface area contributed by atoms with Gasteiger partial charge in [-0.1, -0.05) is 0 Å². The van der Waals surface area contributed by atoms with Gasteiger partial charge in [0.1, 0.15) is 6.23 Å². The number of carbonyl (C=O) groups excluding carboxylic acids is 1. The molecule has 0 fully saturated rings. The lowest BCUT2D eigenvalue weighted by atomic mass is 10.2. The minimum atomic E-state index is -0.760. The number of aliphatic hydroxyl groups excluding tert-OH is 2. The highest BCUT2D eigenvalue weighted by Crippen LogP contribution is 1.96. The van der Waals surface area contributed by atoms with Crippen molar-refractivity contribution in [1.82, 2.24) is 5.32 Å². The normalized spacial score (nSPS) is 12.6. The molecule has 1 unspecified atom stereocenters. The Hall–Kier alpha value is -0.610. The molecule has 0 radical (unpaired) electrons. The molecule has 60 valence electrons. The summed E-state index contributed by atoms with van der Waals surface area (Å²) in [6.45, 7) is 0.133. The Labute approximate surface area is 59.9 Å². The third kappa shape index (κ3) is 5.53. The first-order chi connectivity index (χ1) is 4.81. The Balaban J connectivity index is 3.04. The first-order valence-corrected chi connectivity index (χ1v) is 3.30. The number of amides is 1. The zero-order valence-corrected chi connectivity index (χ0v) is 5.79. The van der Waals surface area contributed by atoms with E-state index in [1.54, 1.807) is 0 Å². The summed E-state index contributed by atoms with van der Waals surface area (Å²) in [5.74, 6) is 0. The van der Waals surface area contributed by atoms with E-state index in [0.717, 1.165) is 6.42 Å². The molecule has 0 saturated carbocycles. The van der Waals surface area contributed by atoms with Crippen molar-refractivity contribution in [3.63, 3.8) is 0 Å². The van der Waals surface area contributed by atoms with Crippen LogP contribution < -0.4 is 5.32 Å². The van der Waals surface area contributed by atoms with E-state index < -0.39 is 6.23 Å². The molecular formula is C6H13NO3. The molecule has 0 aromatic rings. The lowest BCUT2D eigenvalue weighted by Crippen LogP contribution is -2.26. The summed E-state index contributed by atoms with van der Waals surface area (Å²) in [6, 6.07) is 0. The predicted octanol–water partition coefficient (Wildman–Crippen LogP) is -0.787. The van der Waals surface area contributed by atoms with Gasteiger partial charge in [-0.25, -0.2) is 0 Å². The van der Waals surface area contributed by atoms with Crippen LogP contribution in [0.1, 0.15) is 19.3 Å². The molecule has 4 heteroatoms. The van der Waals surface area contributed by atoms with Gasteiger partial charge in [0.15, 0.2) is 0 Å². The fourth-order valence-corrected chi connectivity index (χ4v) is 0.611. The second kappa shape index (κ2) is 6.51. The summed E-state index contributed by atoms with van der Waals surface area (Å²) in [5, 5.41) is 19.4. The van der Waals surface area contributed by atoms with Gasteiger partial charge in [-0.15, -0.1) is 0 Å². The Morgan fingerprint density at radius 3 is 2.70 bits per heavy atom. The molecule has 0 heterocycles. The topological polar surface area (TPSA) is 69.6 Å². The van der Waals surface area contributed by atoms with Crippen molar-refractivity contribution in [2.45, 2.75) is 25.5 Å². The summed E-state index contributed by atoms with van der Waals surface area (Å²) in [5.41, 5.74) is 0. The molecule has 10 heavy (non-hydrogen) atoms. The lowest BCUT2D eigenvalue weighted by Gasteiger charge is -2.06. The van der Waals surface area contributed by atoms with Crippen molar-refractivity contribution in [3.8, 4) is 0 Å². The van der Waals surface area contributed by atoms with E-state index >= 15 is 0 Å². The SMILES string of the molecule is O=CNC(O)CCCCO. The summed E-state index contributed by atoms with van der Waals surface area (Å²) < 4.78 is 0. The van der Waals surface area contributed by atoms with Crippen LogP contribution in [0.25, 0.3) is 0 Å². The predicted molar refractivity (Wildman–Crippen MR) is 36.1 cm³/mol. The van der Waals surface area contributed by atoms with Crippen molar-refractivity contribution in [3.05, 3.63) is 0 Å². The Bertz CT molecular complexity index is 87.1. The van der Waals surface area contributed by atoms with Crippen LogP contribution >= 0.6 is 0 Å². The van der Waals surface area contributed by atoms with Gasteiger partial charge in [-0.3, -0.25) is 4.79 Å².